The topological polar surface area (TPSA) is 54.9 Å². The van der Waals surface area contributed by atoms with Gasteiger partial charge in [0.2, 0.25) is 0 Å². The molecule has 1 amide bonds. The number of amides is 1. The van der Waals surface area contributed by atoms with Gasteiger partial charge in [-0.1, -0.05) is 41.4 Å². The molecule has 4 nitrogen and oxygen atoms in total. The Balaban J connectivity index is 2.01. The van der Waals surface area contributed by atoms with Crippen LogP contribution in [0, 0.1) is 0 Å². The molecule has 0 saturated heterocycles. The van der Waals surface area contributed by atoms with Gasteiger partial charge in [0.05, 0.1) is 0 Å². The van der Waals surface area contributed by atoms with Gasteiger partial charge >= 0.3 is 0 Å². The molecule has 0 atom stereocenters. The summed E-state index contributed by atoms with van der Waals surface area (Å²) < 4.78 is 0. The molecule has 18 heavy (non-hydrogen) atoms. The van der Waals surface area contributed by atoms with Crippen LogP contribution < -0.4 is 5.32 Å². The van der Waals surface area contributed by atoms with E-state index in [-0.39, 0.29) is 16.8 Å². The largest absolute Gasteiger partial charge is 0.347 e. The zero-order valence-corrected chi connectivity index (χ0v) is 10.7. The highest BCUT2D eigenvalue weighted by Gasteiger charge is 2.08. The summed E-state index contributed by atoms with van der Waals surface area (Å²) in [6, 6.07) is 10.3. The first-order valence-corrected chi connectivity index (χ1v) is 5.93. The third-order valence-electron chi connectivity index (χ3n) is 2.26. The number of carbonyl (C=O) groups excluding carboxylic acids is 1. The van der Waals surface area contributed by atoms with E-state index in [1.165, 1.54) is 12.1 Å². The fourth-order valence-electron chi connectivity index (χ4n) is 1.34. The van der Waals surface area contributed by atoms with Crippen molar-refractivity contribution in [1.29, 1.82) is 0 Å². The summed E-state index contributed by atoms with van der Waals surface area (Å²) in [6.45, 7) is 0.336. The summed E-state index contributed by atoms with van der Waals surface area (Å²) in [5.41, 5.74) is 1.06. The normalized spacial score (nSPS) is 10.1. The zero-order valence-electron chi connectivity index (χ0n) is 9.23. The Bertz CT molecular complexity index is 558. The van der Waals surface area contributed by atoms with Gasteiger partial charge in [-0.3, -0.25) is 4.79 Å². The first-order chi connectivity index (χ1) is 8.66. The lowest BCUT2D eigenvalue weighted by Crippen LogP contribution is -2.24. The quantitative estimate of drug-likeness (QED) is 0.941. The summed E-state index contributed by atoms with van der Waals surface area (Å²) in [4.78, 5) is 11.7. The Hall–Kier alpha value is -1.65. The van der Waals surface area contributed by atoms with Crippen LogP contribution in [0.2, 0.25) is 10.2 Å². The van der Waals surface area contributed by atoms with Crippen LogP contribution >= 0.6 is 23.2 Å². The predicted octanol–water partition coefficient (Wildman–Crippen LogP) is 2.71. The van der Waals surface area contributed by atoms with Gasteiger partial charge in [-0.2, -0.15) is 0 Å². The Labute approximate surface area is 114 Å². The SMILES string of the molecule is O=C(NCc1ccccc1Cl)c1ccc(Cl)nn1. The van der Waals surface area contributed by atoms with Crippen molar-refractivity contribution >= 4 is 29.1 Å². The maximum absolute atomic E-state index is 11.7. The van der Waals surface area contributed by atoms with Crippen LogP contribution in [-0.2, 0) is 6.54 Å². The summed E-state index contributed by atoms with van der Waals surface area (Å²) in [5, 5.41) is 10.9. The highest BCUT2D eigenvalue weighted by Crippen LogP contribution is 2.14. The van der Waals surface area contributed by atoms with Gasteiger partial charge in [0.25, 0.3) is 5.91 Å². The van der Waals surface area contributed by atoms with E-state index in [0.29, 0.717) is 11.6 Å². The van der Waals surface area contributed by atoms with Crippen LogP contribution in [0.25, 0.3) is 0 Å². The maximum atomic E-state index is 11.7. The number of nitrogens with one attached hydrogen (secondary N) is 1. The predicted molar refractivity (Wildman–Crippen MR) is 69.7 cm³/mol. The van der Waals surface area contributed by atoms with Crippen LogP contribution in [0.5, 0.6) is 0 Å². The fourth-order valence-corrected chi connectivity index (χ4v) is 1.65. The van der Waals surface area contributed by atoms with Gasteiger partial charge in [0.1, 0.15) is 0 Å². The van der Waals surface area contributed by atoms with Gasteiger partial charge in [0, 0.05) is 11.6 Å². The second-order valence-corrected chi connectivity index (χ2v) is 4.31. The van der Waals surface area contributed by atoms with Gasteiger partial charge in [-0.25, -0.2) is 0 Å². The minimum Gasteiger partial charge on any atom is -0.347 e. The number of hydrogen-bond acceptors (Lipinski definition) is 3. The van der Waals surface area contributed by atoms with Crippen LogP contribution in [0.1, 0.15) is 16.1 Å². The lowest BCUT2D eigenvalue weighted by molar-refractivity contribution is 0.0945. The van der Waals surface area contributed by atoms with Gasteiger partial charge in [-0.15, -0.1) is 10.2 Å². The molecule has 1 aromatic heterocycles. The number of rotatable bonds is 3. The number of aromatic nitrogens is 2. The monoisotopic (exact) mass is 281 g/mol. The minimum absolute atomic E-state index is 0.214. The molecule has 6 heteroatoms. The third-order valence-corrected chi connectivity index (χ3v) is 2.83. The van der Waals surface area contributed by atoms with Gasteiger partial charge < -0.3 is 5.32 Å². The fraction of sp³-hybridized carbons (Fsp3) is 0.0833. The van der Waals surface area contributed by atoms with Gasteiger partial charge in [0.15, 0.2) is 10.8 Å². The summed E-state index contributed by atoms with van der Waals surface area (Å²) in [6.07, 6.45) is 0. The van der Waals surface area contributed by atoms with Crippen molar-refractivity contribution in [2.75, 3.05) is 0 Å². The Morgan fingerprint density at radius 3 is 2.56 bits per heavy atom. The number of benzene rings is 1. The molecular weight excluding hydrogens is 273 g/mol. The van der Waals surface area contributed by atoms with E-state index in [0.717, 1.165) is 5.56 Å². The highest BCUT2D eigenvalue weighted by atomic mass is 35.5. The lowest BCUT2D eigenvalue weighted by Gasteiger charge is -2.05. The average molecular weight is 282 g/mol. The van der Waals surface area contributed by atoms with Crippen molar-refractivity contribution in [1.82, 2.24) is 15.5 Å². The molecule has 1 N–H and O–H groups in total. The molecule has 2 aromatic rings. The van der Waals surface area contributed by atoms with Crippen LogP contribution in [0.3, 0.4) is 0 Å². The van der Waals surface area contributed by atoms with Crippen LogP contribution in [0.4, 0.5) is 0 Å². The summed E-state index contributed by atoms with van der Waals surface area (Å²) >= 11 is 11.6. The third kappa shape index (κ3) is 3.18. The number of nitrogens with zero attached hydrogens (tertiary/aromatic N) is 2. The second kappa shape index (κ2) is 5.80. The number of halogens is 2. The molecule has 2 rings (SSSR count). The first kappa shape index (κ1) is 12.8. The van der Waals surface area contributed by atoms with Crippen molar-refractivity contribution in [2.24, 2.45) is 0 Å². The van der Waals surface area contributed by atoms with E-state index in [2.05, 4.69) is 15.5 Å². The van der Waals surface area contributed by atoms with Crippen molar-refractivity contribution in [3.8, 4) is 0 Å². The van der Waals surface area contributed by atoms with Gasteiger partial charge in [-0.05, 0) is 23.8 Å². The van der Waals surface area contributed by atoms with Crippen molar-refractivity contribution in [3.63, 3.8) is 0 Å². The summed E-state index contributed by atoms with van der Waals surface area (Å²) in [7, 11) is 0. The number of hydrogen-bond donors (Lipinski definition) is 1. The van der Waals surface area contributed by atoms with Crippen molar-refractivity contribution < 1.29 is 4.79 Å². The van der Waals surface area contributed by atoms with Crippen LogP contribution in [0.15, 0.2) is 36.4 Å². The number of carbonyl (C=O) groups is 1. The zero-order chi connectivity index (χ0) is 13.0. The molecule has 1 aromatic carbocycles. The van der Waals surface area contributed by atoms with Crippen LogP contribution in [-0.4, -0.2) is 16.1 Å². The van der Waals surface area contributed by atoms with Crippen molar-refractivity contribution in [3.05, 3.63) is 57.8 Å². The molecular formula is C12H9Cl2N3O. The molecule has 0 saturated carbocycles. The minimum atomic E-state index is -0.320. The standard InChI is InChI=1S/C12H9Cl2N3O/c13-9-4-2-1-3-8(9)7-15-12(18)10-5-6-11(14)17-16-10/h1-6H,7H2,(H,15,18). The summed E-state index contributed by atoms with van der Waals surface area (Å²) in [5.74, 6) is -0.320. The molecule has 1 heterocycles. The smallest absolute Gasteiger partial charge is 0.272 e. The molecule has 0 spiro atoms. The molecule has 0 radical (unpaired) electrons. The lowest BCUT2D eigenvalue weighted by atomic mass is 10.2. The molecule has 0 aliphatic heterocycles. The Morgan fingerprint density at radius 1 is 1.11 bits per heavy atom. The molecule has 92 valence electrons. The molecule has 0 bridgehead atoms. The van der Waals surface area contributed by atoms with Crippen molar-refractivity contribution in [2.45, 2.75) is 6.54 Å². The first-order valence-electron chi connectivity index (χ1n) is 5.17. The molecule has 0 aliphatic carbocycles. The molecule has 0 fully saturated rings. The maximum Gasteiger partial charge on any atom is 0.272 e. The Morgan fingerprint density at radius 2 is 1.89 bits per heavy atom. The molecule has 0 unspecified atom stereocenters. The van der Waals surface area contributed by atoms with E-state index >= 15 is 0 Å². The second-order valence-electron chi connectivity index (χ2n) is 3.52. The van der Waals surface area contributed by atoms with E-state index < -0.39 is 0 Å². The van der Waals surface area contributed by atoms with E-state index in [1.54, 1.807) is 6.07 Å². The average Bonchev–Trinajstić information content (AvgIpc) is 2.38. The highest BCUT2D eigenvalue weighted by molar-refractivity contribution is 6.31. The van der Waals surface area contributed by atoms with E-state index in [1.807, 2.05) is 18.2 Å². The molecule has 0 aliphatic rings. The van der Waals surface area contributed by atoms with E-state index in [4.69, 9.17) is 23.2 Å². The van der Waals surface area contributed by atoms with E-state index in [9.17, 15) is 4.79 Å². The Kier molecular flexibility index (Phi) is 4.12.